The van der Waals surface area contributed by atoms with Gasteiger partial charge in [-0.15, -0.1) is 0 Å². The number of rotatable bonds is 4. The molecule has 1 heterocycles. The number of nitrogens with two attached hydrogens (primary N) is 1. The largest absolute Gasteiger partial charge is 0.351 e. The van der Waals surface area contributed by atoms with E-state index in [1.807, 2.05) is 0 Å². The molecule has 2 amide bonds. The van der Waals surface area contributed by atoms with Crippen LogP contribution in [0.1, 0.15) is 44.9 Å². The molecule has 2 fully saturated rings. The maximum absolute atomic E-state index is 12.4. The molecule has 20 heavy (non-hydrogen) atoms. The molecule has 0 aromatic carbocycles. The minimum atomic E-state index is 0.125. The maximum Gasteiger partial charge on any atom is 0.223 e. The zero-order valence-electron chi connectivity index (χ0n) is 12.4. The fraction of sp³-hybridized carbons (Fsp3) is 0.867. The first-order valence-electron chi connectivity index (χ1n) is 7.84. The van der Waals surface area contributed by atoms with E-state index < -0.39 is 0 Å². The SMILES string of the molecule is CN1CC(NC(=O)C2CCCC(CCN)C2)CCC1=O. The fourth-order valence-corrected chi connectivity index (χ4v) is 3.48. The molecule has 1 saturated carbocycles. The van der Waals surface area contributed by atoms with Gasteiger partial charge in [0.05, 0.1) is 0 Å². The summed E-state index contributed by atoms with van der Waals surface area (Å²) in [6.07, 6.45) is 6.66. The van der Waals surface area contributed by atoms with Gasteiger partial charge in [0.15, 0.2) is 0 Å². The van der Waals surface area contributed by atoms with Crippen molar-refractivity contribution >= 4 is 11.8 Å². The quantitative estimate of drug-likeness (QED) is 0.803. The number of likely N-dealkylation sites (tertiary alicyclic amines) is 1. The number of carbonyl (C=O) groups excluding carboxylic acids is 2. The topological polar surface area (TPSA) is 75.4 Å². The first-order valence-corrected chi connectivity index (χ1v) is 7.84. The van der Waals surface area contributed by atoms with Crippen molar-refractivity contribution in [1.29, 1.82) is 0 Å². The van der Waals surface area contributed by atoms with E-state index in [2.05, 4.69) is 5.32 Å². The lowest BCUT2D eigenvalue weighted by Crippen LogP contribution is -2.50. The van der Waals surface area contributed by atoms with Crippen molar-refractivity contribution in [2.45, 2.75) is 51.0 Å². The molecule has 2 rings (SSSR count). The number of likely N-dealkylation sites (N-methyl/N-ethyl adjacent to an activating group) is 1. The highest BCUT2D eigenvalue weighted by molar-refractivity contribution is 5.80. The summed E-state index contributed by atoms with van der Waals surface area (Å²) in [5.41, 5.74) is 5.62. The third-order valence-corrected chi connectivity index (χ3v) is 4.70. The second kappa shape index (κ2) is 7.07. The van der Waals surface area contributed by atoms with E-state index in [4.69, 9.17) is 5.73 Å². The van der Waals surface area contributed by atoms with E-state index in [9.17, 15) is 9.59 Å². The van der Waals surface area contributed by atoms with Crippen LogP contribution in [-0.4, -0.2) is 42.9 Å². The lowest BCUT2D eigenvalue weighted by Gasteiger charge is -2.33. The molecule has 5 heteroatoms. The van der Waals surface area contributed by atoms with Crippen LogP contribution in [-0.2, 0) is 9.59 Å². The van der Waals surface area contributed by atoms with Gasteiger partial charge in [-0.05, 0) is 38.1 Å². The number of amides is 2. The van der Waals surface area contributed by atoms with Gasteiger partial charge >= 0.3 is 0 Å². The molecule has 5 nitrogen and oxygen atoms in total. The molecule has 0 spiro atoms. The first-order chi connectivity index (χ1) is 9.60. The third kappa shape index (κ3) is 3.95. The number of hydrogen-bond donors (Lipinski definition) is 2. The summed E-state index contributed by atoms with van der Waals surface area (Å²) in [5.74, 6) is 1.11. The average molecular weight is 281 g/mol. The van der Waals surface area contributed by atoms with Gasteiger partial charge in [-0.3, -0.25) is 9.59 Å². The summed E-state index contributed by atoms with van der Waals surface area (Å²) in [6.45, 7) is 1.36. The lowest BCUT2D eigenvalue weighted by molar-refractivity contribution is -0.135. The van der Waals surface area contributed by atoms with Gasteiger partial charge in [0, 0.05) is 32.0 Å². The Bertz CT molecular complexity index is 357. The van der Waals surface area contributed by atoms with Gasteiger partial charge < -0.3 is 16.0 Å². The average Bonchev–Trinajstić information content (AvgIpc) is 2.43. The minimum Gasteiger partial charge on any atom is -0.351 e. The smallest absolute Gasteiger partial charge is 0.223 e. The van der Waals surface area contributed by atoms with Crippen molar-refractivity contribution in [2.24, 2.45) is 17.6 Å². The summed E-state index contributed by atoms with van der Waals surface area (Å²) in [6, 6.07) is 0.125. The van der Waals surface area contributed by atoms with Crippen molar-refractivity contribution in [3.05, 3.63) is 0 Å². The Hall–Kier alpha value is -1.10. The predicted molar refractivity (Wildman–Crippen MR) is 77.9 cm³/mol. The number of nitrogens with one attached hydrogen (secondary N) is 1. The Morgan fingerprint density at radius 2 is 2.20 bits per heavy atom. The van der Waals surface area contributed by atoms with Gasteiger partial charge in [-0.1, -0.05) is 12.8 Å². The Morgan fingerprint density at radius 1 is 1.40 bits per heavy atom. The number of carbonyl (C=O) groups is 2. The molecule has 0 bridgehead atoms. The Labute approximate surface area is 121 Å². The standard InChI is InChI=1S/C15H27N3O2/c1-18-10-13(5-6-14(18)19)17-15(20)12-4-2-3-11(9-12)7-8-16/h11-13H,2-10,16H2,1H3,(H,17,20). The summed E-state index contributed by atoms with van der Waals surface area (Å²) in [7, 11) is 1.80. The van der Waals surface area contributed by atoms with Crippen molar-refractivity contribution < 1.29 is 9.59 Å². The highest BCUT2D eigenvalue weighted by atomic mass is 16.2. The van der Waals surface area contributed by atoms with E-state index in [-0.39, 0.29) is 23.8 Å². The van der Waals surface area contributed by atoms with Gasteiger partial charge in [0.25, 0.3) is 0 Å². The van der Waals surface area contributed by atoms with Crippen molar-refractivity contribution in [2.75, 3.05) is 20.1 Å². The van der Waals surface area contributed by atoms with Crippen molar-refractivity contribution in [3.63, 3.8) is 0 Å². The third-order valence-electron chi connectivity index (χ3n) is 4.70. The molecule has 2 aliphatic rings. The molecule has 0 radical (unpaired) electrons. The molecule has 3 N–H and O–H groups in total. The maximum atomic E-state index is 12.4. The van der Waals surface area contributed by atoms with Crippen LogP contribution in [0.2, 0.25) is 0 Å². The normalized spacial score (nSPS) is 31.2. The Morgan fingerprint density at radius 3 is 2.90 bits per heavy atom. The zero-order chi connectivity index (χ0) is 14.5. The van der Waals surface area contributed by atoms with Crippen LogP contribution >= 0.6 is 0 Å². The second-order valence-corrected chi connectivity index (χ2v) is 6.33. The molecule has 3 unspecified atom stereocenters. The molecular weight excluding hydrogens is 254 g/mol. The highest BCUT2D eigenvalue weighted by Gasteiger charge is 2.30. The Kier molecular flexibility index (Phi) is 5.40. The van der Waals surface area contributed by atoms with Crippen LogP contribution in [0.5, 0.6) is 0 Å². The van der Waals surface area contributed by atoms with Gasteiger partial charge in [-0.2, -0.15) is 0 Å². The fourth-order valence-electron chi connectivity index (χ4n) is 3.48. The summed E-state index contributed by atoms with van der Waals surface area (Å²) < 4.78 is 0. The molecule has 1 aliphatic heterocycles. The predicted octanol–water partition coefficient (Wildman–Crippen LogP) is 0.879. The number of piperidine rings is 1. The van der Waals surface area contributed by atoms with Gasteiger partial charge in [-0.25, -0.2) is 0 Å². The number of nitrogens with zero attached hydrogens (tertiary/aromatic N) is 1. The van der Waals surface area contributed by atoms with E-state index in [1.165, 1.54) is 6.42 Å². The molecule has 1 aliphatic carbocycles. The molecule has 114 valence electrons. The van der Waals surface area contributed by atoms with Crippen molar-refractivity contribution in [3.8, 4) is 0 Å². The molecule has 3 atom stereocenters. The van der Waals surface area contributed by atoms with Crippen molar-refractivity contribution in [1.82, 2.24) is 10.2 Å². The van der Waals surface area contributed by atoms with Crippen LogP contribution in [0.15, 0.2) is 0 Å². The van der Waals surface area contributed by atoms with E-state index in [1.54, 1.807) is 11.9 Å². The lowest BCUT2D eigenvalue weighted by atomic mass is 9.79. The molecule has 0 aromatic heterocycles. The van der Waals surface area contributed by atoms with Crippen LogP contribution < -0.4 is 11.1 Å². The van der Waals surface area contributed by atoms with Gasteiger partial charge in [0.1, 0.15) is 0 Å². The van der Waals surface area contributed by atoms with Crippen LogP contribution in [0.25, 0.3) is 0 Å². The minimum absolute atomic E-state index is 0.125. The van der Waals surface area contributed by atoms with E-state index in [0.717, 1.165) is 32.1 Å². The molecule has 0 aromatic rings. The molecule has 1 saturated heterocycles. The first kappa shape index (κ1) is 15.3. The van der Waals surface area contributed by atoms with Crippen LogP contribution in [0.3, 0.4) is 0 Å². The van der Waals surface area contributed by atoms with Crippen LogP contribution in [0, 0.1) is 11.8 Å². The van der Waals surface area contributed by atoms with Gasteiger partial charge in [0.2, 0.25) is 11.8 Å². The highest BCUT2D eigenvalue weighted by Crippen LogP contribution is 2.31. The van der Waals surface area contributed by atoms with Crippen LogP contribution in [0.4, 0.5) is 0 Å². The summed E-state index contributed by atoms with van der Waals surface area (Å²) >= 11 is 0. The van der Waals surface area contributed by atoms with E-state index >= 15 is 0 Å². The monoisotopic (exact) mass is 281 g/mol. The van der Waals surface area contributed by atoms with E-state index in [0.29, 0.717) is 25.4 Å². The second-order valence-electron chi connectivity index (χ2n) is 6.33. The molecular formula is C15H27N3O2. The number of hydrogen-bond acceptors (Lipinski definition) is 3. The Balaban J connectivity index is 1.80. The zero-order valence-corrected chi connectivity index (χ0v) is 12.4. The summed E-state index contributed by atoms with van der Waals surface area (Å²) in [5, 5.41) is 3.14. The summed E-state index contributed by atoms with van der Waals surface area (Å²) in [4.78, 5) is 25.5.